The lowest BCUT2D eigenvalue weighted by Gasteiger charge is -2.57. The second kappa shape index (κ2) is 5.27. The number of carbonyl (C=O) groups is 1. The summed E-state index contributed by atoms with van der Waals surface area (Å²) >= 11 is 0. The molecule has 22 heavy (non-hydrogen) atoms. The van der Waals surface area contributed by atoms with E-state index in [4.69, 9.17) is 4.74 Å². The molecule has 0 aromatic heterocycles. The normalized spacial score (nSPS) is 38.8. The molecule has 2 unspecified atom stereocenters. The van der Waals surface area contributed by atoms with E-state index in [2.05, 4.69) is 5.32 Å². The Morgan fingerprint density at radius 2 is 1.86 bits per heavy atom. The lowest BCUT2D eigenvalue weighted by molar-refractivity contribution is -0.137. The summed E-state index contributed by atoms with van der Waals surface area (Å²) in [6.07, 6.45) is 4.59. The zero-order valence-corrected chi connectivity index (χ0v) is 12.7. The van der Waals surface area contributed by atoms with E-state index in [1.807, 2.05) is 30.3 Å². The predicted octanol–water partition coefficient (Wildman–Crippen LogP) is 2.85. The Labute approximate surface area is 130 Å². The number of hydrogen-bond donors (Lipinski definition) is 2. The molecular weight excluding hydrogens is 278 g/mol. The van der Waals surface area contributed by atoms with E-state index in [-0.39, 0.29) is 12.1 Å². The molecule has 2 N–H and O–H groups in total. The van der Waals surface area contributed by atoms with Crippen LogP contribution in [0.1, 0.15) is 37.7 Å². The van der Waals surface area contributed by atoms with Crippen LogP contribution in [-0.4, -0.2) is 22.8 Å². The summed E-state index contributed by atoms with van der Waals surface area (Å²) in [5, 5.41) is 13.6. The molecule has 5 rings (SSSR count). The molecule has 118 valence electrons. The largest absolute Gasteiger partial charge is 0.445 e. The third-order valence-electron chi connectivity index (χ3n) is 5.74. The zero-order valence-electron chi connectivity index (χ0n) is 12.7. The summed E-state index contributed by atoms with van der Waals surface area (Å²) in [7, 11) is 0. The van der Waals surface area contributed by atoms with E-state index >= 15 is 0 Å². The lowest BCUT2D eigenvalue weighted by atomic mass is 9.52. The van der Waals surface area contributed by atoms with Crippen LogP contribution < -0.4 is 5.32 Å². The minimum absolute atomic E-state index is 0.181. The van der Waals surface area contributed by atoms with Crippen LogP contribution in [0.15, 0.2) is 30.3 Å². The van der Waals surface area contributed by atoms with Crippen LogP contribution in [0.3, 0.4) is 0 Å². The van der Waals surface area contributed by atoms with Crippen molar-refractivity contribution in [3.05, 3.63) is 35.9 Å². The van der Waals surface area contributed by atoms with Gasteiger partial charge >= 0.3 is 6.09 Å². The monoisotopic (exact) mass is 301 g/mol. The third-order valence-corrected chi connectivity index (χ3v) is 5.74. The summed E-state index contributed by atoms with van der Waals surface area (Å²) in [6, 6.07) is 9.91. The summed E-state index contributed by atoms with van der Waals surface area (Å²) in [6.45, 7) is 0.307. The van der Waals surface area contributed by atoms with Crippen LogP contribution in [0.2, 0.25) is 0 Å². The van der Waals surface area contributed by atoms with Gasteiger partial charge in [0.05, 0.1) is 5.60 Å². The molecule has 0 radical (unpaired) electrons. The van der Waals surface area contributed by atoms with E-state index < -0.39 is 5.60 Å². The number of alkyl carbamates (subject to hydrolysis) is 1. The summed E-state index contributed by atoms with van der Waals surface area (Å²) < 4.78 is 5.35. The molecule has 4 fully saturated rings. The number of rotatable bonds is 3. The van der Waals surface area contributed by atoms with Crippen LogP contribution >= 0.6 is 0 Å². The molecule has 4 aliphatic carbocycles. The number of benzene rings is 1. The molecule has 1 aromatic carbocycles. The van der Waals surface area contributed by atoms with E-state index in [0.717, 1.165) is 37.7 Å². The molecule has 2 atom stereocenters. The van der Waals surface area contributed by atoms with E-state index in [9.17, 15) is 9.90 Å². The van der Waals surface area contributed by atoms with Crippen molar-refractivity contribution in [2.45, 2.75) is 50.4 Å². The Kier molecular flexibility index (Phi) is 3.37. The van der Waals surface area contributed by atoms with Crippen LogP contribution in [0.5, 0.6) is 0 Å². The second-order valence-electron chi connectivity index (χ2n) is 7.43. The van der Waals surface area contributed by atoms with Gasteiger partial charge in [-0.15, -0.1) is 0 Å². The first-order chi connectivity index (χ1) is 10.6. The average Bonchev–Trinajstić information content (AvgIpc) is 2.48. The molecule has 4 bridgehead atoms. The second-order valence-corrected chi connectivity index (χ2v) is 7.43. The number of aliphatic hydroxyl groups is 1. The van der Waals surface area contributed by atoms with Gasteiger partial charge in [0.15, 0.2) is 0 Å². The molecule has 4 saturated carbocycles. The zero-order chi connectivity index (χ0) is 15.2. The maximum absolute atomic E-state index is 12.1. The summed E-state index contributed by atoms with van der Waals surface area (Å²) in [4.78, 5) is 12.1. The topological polar surface area (TPSA) is 58.6 Å². The maximum Gasteiger partial charge on any atom is 0.407 e. The molecule has 0 heterocycles. The van der Waals surface area contributed by atoms with Crippen molar-refractivity contribution in [1.29, 1.82) is 0 Å². The van der Waals surface area contributed by atoms with Crippen molar-refractivity contribution in [1.82, 2.24) is 5.32 Å². The van der Waals surface area contributed by atoms with Gasteiger partial charge in [0, 0.05) is 6.04 Å². The van der Waals surface area contributed by atoms with Gasteiger partial charge in [-0.1, -0.05) is 30.3 Å². The average molecular weight is 301 g/mol. The molecule has 1 amide bonds. The number of hydrogen-bond acceptors (Lipinski definition) is 3. The van der Waals surface area contributed by atoms with Gasteiger partial charge in [-0.3, -0.25) is 0 Å². The molecule has 4 nitrogen and oxygen atoms in total. The van der Waals surface area contributed by atoms with Gasteiger partial charge in [0.25, 0.3) is 0 Å². The minimum atomic E-state index is -0.456. The molecular formula is C18H23NO3. The van der Waals surface area contributed by atoms with Crippen molar-refractivity contribution in [3.63, 3.8) is 0 Å². The Morgan fingerprint density at radius 1 is 1.18 bits per heavy atom. The molecule has 1 aromatic rings. The summed E-state index contributed by atoms with van der Waals surface area (Å²) in [5.41, 5.74) is 0.542. The van der Waals surface area contributed by atoms with E-state index in [1.165, 1.54) is 0 Å². The standard InChI is InChI=1S/C18H23NO3/c20-17(22-11-12-4-2-1-3-5-12)19-16-14-6-13-7-15(16)10-18(21,8-13)9-14/h1-5,13-16,21H,6-11H2,(H,19,20). The molecule has 0 aliphatic heterocycles. The number of amides is 1. The van der Waals surface area contributed by atoms with Crippen LogP contribution in [-0.2, 0) is 11.3 Å². The fourth-order valence-corrected chi connectivity index (χ4v) is 5.12. The quantitative estimate of drug-likeness (QED) is 0.902. The van der Waals surface area contributed by atoms with Gasteiger partial charge in [-0.25, -0.2) is 4.79 Å². The highest BCUT2D eigenvalue weighted by atomic mass is 16.5. The lowest BCUT2D eigenvalue weighted by Crippen LogP contribution is -2.61. The van der Waals surface area contributed by atoms with Gasteiger partial charge < -0.3 is 15.2 Å². The highest BCUT2D eigenvalue weighted by molar-refractivity contribution is 5.67. The van der Waals surface area contributed by atoms with Crippen LogP contribution in [0.25, 0.3) is 0 Å². The SMILES string of the molecule is O=C(NC1C2CC3CC1CC(O)(C3)C2)OCc1ccccc1. The first-order valence-corrected chi connectivity index (χ1v) is 8.31. The van der Waals surface area contributed by atoms with Gasteiger partial charge in [0.1, 0.15) is 6.61 Å². The van der Waals surface area contributed by atoms with Crippen molar-refractivity contribution in [2.75, 3.05) is 0 Å². The predicted molar refractivity (Wildman–Crippen MR) is 82.1 cm³/mol. The Balaban J connectivity index is 1.35. The minimum Gasteiger partial charge on any atom is -0.445 e. The first kappa shape index (κ1) is 14.1. The number of carbonyl (C=O) groups excluding carboxylic acids is 1. The van der Waals surface area contributed by atoms with Gasteiger partial charge in [0.2, 0.25) is 0 Å². The Hall–Kier alpha value is -1.55. The first-order valence-electron chi connectivity index (χ1n) is 8.31. The van der Waals surface area contributed by atoms with E-state index in [0.29, 0.717) is 24.4 Å². The maximum atomic E-state index is 12.1. The highest BCUT2D eigenvalue weighted by Crippen LogP contribution is 2.55. The summed E-state index contributed by atoms with van der Waals surface area (Å²) in [5.74, 6) is 1.49. The van der Waals surface area contributed by atoms with Crippen molar-refractivity contribution in [3.8, 4) is 0 Å². The van der Waals surface area contributed by atoms with Crippen LogP contribution in [0.4, 0.5) is 4.79 Å². The fraction of sp³-hybridized carbons (Fsp3) is 0.611. The van der Waals surface area contributed by atoms with Crippen molar-refractivity contribution < 1.29 is 14.6 Å². The smallest absolute Gasteiger partial charge is 0.407 e. The number of ether oxygens (including phenoxy) is 1. The molecule has 0 saturated heterocycles. The molecule has 4 heteroatoms. The fourth-order valence-electron chi connectivity index (χ4n) is 5.12. The molecule has 0 spiro atoms. The highest BCUT2D eigenvalue weighted by Gasteiger charge is 2.55. The Morgan fingerprint density at radius 3 is 2.50 bits per heavy atom. The third kappa shape index (κ3) is 2.60. The van der Waals surface area contributed by atoms with Crippen molar-refractivity contribution >= 4 is 6.09 Å². The molecule has 4 aliphatic rings. The number of nitrogens with one attached hydrogen (secondary N) is 1. The van der Waals surface area contributed by atoms with E-state index in [1.54, 1.807) is 0 Å². The van der Waals surface area contributed by atoms with Gasteiger partial charge in [-0.05, 0) is 55.4 Å². The van der Waals surface area contributed by atoms with Crippen molar-refractivity contribution in [2.24, 2.45) is 17.8 Å². The van der Waals surface area contributed by atoms with Gasteiger partial charge in [-0.2, -0.15) is 0 Å². The van der Waals surface area contributed by atoms with Crippen LogP contribution in [0, 0.1) is 17.8 Å². The Bertz CT molecular complexity index is 543.